The molecule has 1 heterocycles. The molecule has 0 bridgehead atoms. The third-order valence-corrected chi connectivity index (χ3v) is 4.52. The van der Waals surface area contributed by atoms with Crippen LogP contribution in [0, 0.1) is 0 Å². The summed E-state index contributed by atoms with van der Waals surface area (Å²) in [5.41, 5.74) is -0.453. The standard InChI is InChI=1S/C16H32N4O2S.HI/c1-5-17-14(20-12-13-8-6-11-23-13)18-9-7-10-19-15(21)22-16(2,3)4;/h13H,5-12H2,1-4H3,(H,19,21)(H2,17,18,20);1H. The molecule has 142 valence electrons. The van der Waals surface area contributed by atoms with E-state index in [-0.39, 0.29) is 30.1 Å². The largest absolute Gasteiger partial charge is 0.444 e. The van der Waals surface area contributed by atoms with Crippen LogP contribution in [0.15, 0.2) is 4.99 Å². The van der Waals surface area contributed by atoms with Gasteiger partial charge in [0.25, 0.3) is 0 Å². The molecule has 6 nitrogen and oxygen atoms in total. The van der Waals surface area contributed by atoms with E-state index in [1.807, 2.05) is 32.5 Å². The minimum absolute atomic E-state index is 0. The highest BCUT2D eigenvalue weighted by molar-refractivity contribution is 14.0. The van der Waals surface area contributed by atoms with Crippen molar-refractivity contribution in [2.45, 2.75) is 57.8 Å². The van der Waals surface area contributed by atoms with Crippen molar-refractivity contribution in [2.75, 3.05) is 31.9 Å². The third kappa shape index (κ3) is 12.0. The van der Waals surface area contributed by atoms with Crippen LogP contribution in [0.4, 0.5) is 4.79 Å². The Morgan fingerprint density at radius 2 is 1.96 bits per heavy atom. The number of carbonyl (C=O) groups excluding carboxylic acids is 1. The normalized spacial score (nSPS) is 17.8. The van der Waals surface area contributed by atoms with E-state index in [1.165, 1.54) is 18.6 Å². The van der Waals surface area contributed by atoms with Crippen molar-refractivity contribution in [3.8, 4) is 0 Å². The van der Waals surface area contributed by atoms with E-state index in [9.17, 15) is 4.79 Å². The maximum atomic E-state index is 11.5. The van der Waals surface area contributed by atoms with Gasteiger partial charge in [-0.2, -0.15) is 11.8 Å². The van der Waals surface area contributed by atoms with E-state index in [0.29, 0.717) is 11.8 Å². The molecule has 3 N–H and O–H groups in total. The summed E-state index contributed by atoms with van der Waals surface area (Å²) in [6.45, 7) is 10.7. The number of nitrogens with one attached hydrogen (secondary N) is 3. The minimum atomic E-state index is -0.453. The lowest BCUT2D eigenvalue weighted by atomic mass is 10.2. The van der Waals surface area contributed by atoms with Crippen molar-refractivity contribution >= 4 is 47.8 Å². The van der Waals surface area contributed by atoms with Crippen molar-refractivity contribution < 1.29 is 9.53 Å². The van der Waals surface area contributed by atoms with Crippen LogP contribution in [0.1, 0.15) is 47.0 Å². The van der Waals surface area contributed by atoms with E-state index < -0.39 is 5.60 Å². The van der Waals surface area contributed by atoms with Gasteiger partial charge >= 0.3 is 6.09 Å². The number of hydrogen-bond acceptors (Lipinski definition) is 4. The second-order valence-corrected chi connectivity index (χ2v) is 7.97. The number of guanidine groups is 1. The summed E-state index contributed by atoms with van der Waals surface area (Å²) in [5, 5.41) is 9.98. The molecular formula is C16H33IN4O2S. The zero-order chi connectivity index (χ0) is 17.1. The Morgan fingerprint density at radius 1 is 1.25 bits per heavy atom. The van der Waals surface area contributed by atoms with Crippen molar-refractivity contribution in [3.05, 3.63) is 0 Å². The number of aliphatic imine (C=N–C) groups is 1. The van der Waals surface area contributed by atoms with Gasteiger partial charge in [0.1, 0.15) is 5.60 Å². The number of halogens is 1. The van der Waals surface area contributed by atoms with Crippen LogP contribution in [-0.2, 0) is 4.74 Å². The summed E-state index contributed by atoms with van der Waals surface area (Å²) in [6.07, 6.45) is 3.04. The van der Waals surface area contributed by atoms with Gasteiger partial charge in [0.2, 0.25) is 0 Å². The van der Waals surface area contributed by atoms with Crippen LogP contribution >= 0.6 is 35.7 Å². The fourth-order valence-corrected chi connectivity index (χ4v) is 3.30. The maximum absolute atomic E-state index is 11.5. The monoisotopic (exact) mass is 472 g/mol. The lowest BCUT2D eigenvalue weighted by Crippen LogP contribution is -2.39. The number of ether oxygens (including phenoxy) is 1. The van der Waals surface area contributed by atoms with Crippen LogP contribution in [0.5, 0.6) is 0 Å². The quantitative estimate of drug-likeness (QED) is 0.230. The fourth-order valence-electron chi connectivity index (χ4n) is 2.12. The summed E-state index contributed by atoms with van der Waals surface area (Å²) >= 11 is 2.02. The molecule has 0 aromatic rings. The molecule has 1 rings (SSSR count). The van der Waals surface area contributed by atoms with Crippen molar-refractivity contribution in [1.82, 2.24) is 16.0 Å². The predicted molar refractivity (Wildman–Crippen MR) is 114 cm³/mol. The highest BCUT2D eigenvalue weighted by Crippen LogP contribution is 2.25. The number of carbonyl (C=O) groups is 1. The molecule has 1 aliphatic heterocycles. The van der Waals surface area contributed by atoms with Crippen LogP contribution in [-0.4, -0.2) is 54.8 Å². The number of alkyl carbamates (subject to hydrolysis) is 1. The molecule has 1 amide bonds. The molecular weight excluding hydrogens is 439 g/mol. The first-order chi connectivity index (χ1) is 10.9. The average Bonchev–Trinajstić information content (AvgIpc) is 2.95. The van der Waals surface area contributed by atoms with Crippen molar-refractivity contribution in [1.29, 1.82) is 0 Å². The summed E-state index contributed by atoms with van der Waals surface area (Å²) in [6, 6.07) is 0. The lowest BCUT2D eigenvalue weighted by Gasteiger charge is -2.19. The van der Waals surface area contributed by atoms with Crippen molar-refractivity contribution in [2.24, 2.45) is 4.99 Å². The van der Waals surface area contributed by atoms with Gasteiger partial charge in [-0.05, 0) is 52.7 Å². The van der Waals surface area contributed by atoms with Crippen LogP contribution < -0.4 is 16.0 Å². The molecule has 8 heteroatoms. The van der Waals surface area contributed by atoms with Crippen molar-refractivity contribution in [3.63, 3.8) is 0 Å². The molecule has 0 aromatic heterocycles. The Hall–Kier alpha value is -0.380. The first kappa shape index (κ1) is 23.6. The SMILES string of the molecule is CCNC(=NCC1CCCS1)NCCCNC(=O)OC(C)(C)C.I. The van der Waals surface area contributed by atoms with E-state index in [4.69, 9.17) is 4.74 Å². The molecule has 1 aliphatic rings. The first-order valence-corrected chi connectivity index (χ1v) is 9.56. The Morgan fingerprint density at radius 3 is 2.54 bits per heavy atom. The molecule has 1 atom stereocenters. The lowest BCUT2D eigenvalue weighted by molar-refractivity contribution is 0.0527. The second-order valence-electron chi connectivity index (χ2n) is 6.56. The Balaban J connectivity index is 0.00000529. The van der Waals surface area contributed by atoms with Gasteiger partial charge in [-0.15, -0.1) is 24.0 Å². The first-order valence-electron chi connectivity index (χ1n) is 8.51. The maximum Gasteiger partial charge on any atom is 0.407 e. The number of amides is 1. The number of nitrogens with zero attached hydrogens (tertiary/aromatic N) is 1. The molecule has 0 aliphatic carbocycles. The van der Waals surface area contributed by atoms with Gasteiger partial charge in [-0.1, -0.05) is 0 Å². The average molecular weight is 472 g/mol. The van der Waals surface area contributed by atoms with E-state index in [2.05, 4.69) is 27.9 Å². The molecule has 1 saturated heterocycles. The highest BCUT2D eigenvalue weighted by Gasteiger charge is 2.16. The minimum Gasteiger partial charge on any atom is -0.444 e. The highest BCUT2D eigenvalue weighted by atomic mass is 127. The summed E-state index contributed by atoms with van der Waals surface area (Å²) < 4.78 is 5.19. The molecule has 0 radical (unpaired) electrons. The van der Waals surface area contributed by atoms with Crippen LogP contribution in [0.25, 0.3) is 0 Å². The summed E-state index contributed by atoms with van der Waals surface area (Å²) in [5.74, 6) is 2.12. The van der Waals surface area contributed by atoms with Gasteiger partial charge in [-0.3, -0.25) is 4.99 Å². The van der Waals surface area contributed by atoms with E-state index >= 15 is 0 Å². The van der Waals surface area contributed by atoms with E-state index in [0.717, 1.165) is 32.0 Å². The Kier molecular flexibility index (Phi) is 12.7. The van der Waals surface area contributed by atoms with Gasteiger partial charge in [-0.25, -0.2) is 4.79 Å². The van der Waals surface area contributed by atoms with Gasteiger partial charge in [0.15, 0.2) is 5.96 Å². The zero-order valence-electron chi connectivity index (χ0n) is 15.3. The molecule has 0 saturated carbocycles. The fraction of sp³-hybridized carbons (Fsp3) is 0.875. The number of thioether (sulfide) groups is 1. The Labute approximate surface area is 167 Å². The van der Waals surface area contributed by atoms with Crippen LogP contribution in [0.3, 0.4) is 0 Å². The molecule has 0 aromatic carbocycles. The van der Waals surface area contributed by atoms with Gasteiger partial charge < -0.3 is 20.7 Å². The molecule has 0 spiro atoms. The Bertz CT molecular complexity index is 383. The zero-order valence-corrected chi connectivity index (χ0v) is 18.5. The topological polar surface area (TPSA) is 74.8 Å². The summed E-state index contributed by atoms with van der Waals surface area (Å²) in [7, 11) is 0. The summed E-state index contributed by atoms with van der Waals surface area (Å²) in [4.78, 5) is 16.2. The second kappa shape index (κ2) is 12.9. The third-order valence-electron chi connectivity index (χ3n) is 3.14. The predicted octanol–water partition coefficient (Wildman–Crippen LogP) is 2.97. The molecule has 1 unspecified atom stereocenters. The van der Waals surface area contributed by atoms with Gasteiger partial charge in [0.05, 0.1) is 6.54 Å². The number of hydrogen-bond donors (Lipinski definition) is 3. The number of rotatable bonds is 7. The van der Waals surface area contributed by atoms with Crippen LogP contribution in [0.2, 0.25) is 0 Å². The smallest absolute Gasteiger partial charge is 0.407 e. The molecule has 1 fully saturated rings. The van der Waals surface area contributed by atoms with Gasteiger partial charge in [0, 0.05) is 24.9 Å². The van der Waals surface area contributed by atoms with E-state index in [1.54, 1.807) is 0 Å². The molecule has 24 heavy (non-hydrogen) atoms.